The number of halogens is 1. The fraction of sp³-hybridized carbons (Fsp3) is 0.176. The minimum Gasteiger partial charge on any atom is -0.482 e. The molecule has 1 N–H and O–H groups in total. The van der Waals surface area contributed by atoms with Crippen LogP contribution in [-0.2, 0) is 4.79 Å². The summed E-state index contributed by atoms with van der Waals surface area (Å²) in [7, 11) is 0. The van der Waals surface area contributed by atoms with Crippen LogP contribution in [0.1, 0.15) is 21.5 Å². The fourth-order valence-corrected chi connectivity index (χ4v) is 2.43. The molecule has 23 heavy (non-hydrogen) atoms. The molecular formula is C17H15BrO5. The summed E-state index contributed by atoms with van der Waals surface area (Å²) in [5, 5.41) is 8.89. The monoisotopic (exact) mass is 378 g/mol. The van der Waals surface area contributed by atoms with Crippen molar-refractivity contribution >= 4 is 27.9 Å². The molecule has 0 aliphatic carbocycles. The van der Waals surface area contributed by atoms with Crippen molar-refractivity contribution in [3.8, 4) is 11.5 Å². The number of hydrogen-bond acceptors (Lipinski definition) is 4. The van der Waals surface area contributed by atoms with E-state index in [2.05, 4.69) is 15.9 Å². The molecule has 2 aromatic carbocycles. The van der Waals surface area contributed by atoms with Crippen LogP contribution in [0.25, 0.3) is 0 Å². The third kappa shape index (κ3) is 4.56. The second-order valence-electron chi connectivity index (χ2n) is 4.98. The largest absolute Gasteiger partial charge is 0.482 e. The molecule has 0 aliphatic rings. The summed E-state index contributed by atoms with van der Waals surface area (Å²) in [6.07, 6.45) is 0. The number of esters is 1. The number of aryl methyl sites for hydroxylation is 2. The Balaban J connectivity index is 1.98. The van der Waals surface area contributed by atoms with E-state index >= 15 is 0 Å². The van der Waals surface area contributed by atoms with Crippen LogP contribution in [-0.4, -0.2) is 23.7 Å². The van der Waals surface area contributed by atoms with Gasteiger partial charge in [-0.25, -0.2) is 9.59 Å². The van der Waals surface area contributed by atoms with Gasteiger partial charge in [0.05, 0.1) is 10.0 Å². The average molecular weight is 379 g/mol. The predicted molar refractivity (Wildman–Crippen MR) is 88.1 cm³/mol. The first kappa shape index (κ1) is 17.0. The Morgan fingerprint density at radius 3 is 2.39 bits per heavy atom. The van der Waals surface area contributed by atoms with Gasteiger partial charge in [0.2, 0.25) is 0 Å². The Labute approximate surface area is 142 Å². The molecule has 2 aromatic rings. The molecule has 0 aromatic heterocycles. The second kappa shape index (κ2) is 7.28. The highest BCUT2D eigenvalue weighted by Gasteiger charge is 2.12. The summed E-state index contributed by atoms with van der Waals surface area (Å²) in [4.78, 5) is 22.7. The van der Waals surface area contributed by atoms with E-state index < -0.39 is 11.9 Å². The van der Waals surface area contributed by atoms with E-state index in [1.165, 1.54) is 18.2 Å². The van der Waals surface area contributed by atoms with Crippen LogP contribution in [0.5, 0.6) is 11.5 Å². The van der Waals surface area contributed by atoms with Crippen LogP contribution in [0.3, 0.4) is 0 Å². The van der Waals surface area contributed by atoms with Gasteiger partial charge >= 0.3 is 11.9 Å². The molecule has 0 saturated heterocycles. The lowest BCUT2D eigenvalue weighted by Gasteiger charge is -2.10. The van der Waals surface area contributed by atoms with Crippen LogP contribution in [0.15, 0.2) is 40.9 Å². The summed E-state index contributed by atoms with van der Waals surface area (Å²) < 4.78 is 11.0. The van der Waals surface area contributed by atoms with Crippen LogP contribution in [0.2, 0.25) is 0 Å². The van der Waals surface area contributed by atoms with Crippen molar-refractivity contribution in [2.45, 2.75) is 13.8 Å². The number of rotatable bonds is 5. The van der Waals surface area contributed by atoms with Crippen molar-refractivity contribution in [2.24, 2.45) is 0 Å². The number of hydrogen-bond donors (Lipinski definition) is 1. The zero-order valence-corrected chi connectivity index (χ0v) is 14.2. The Hall–Kier alpha value is -2.34. The van der Waals surface area contributed by atoms with Crippen LogP contribution < -0.4 is 9.47 Å². The topological polar surface area (TPSA) is 72.8 Å². The number of carboxylic acid groups (broad SMARTS) is 1. The molecule has 0 unspecified atom stereocenters. The molecule has 0 aliphatic heterocycles. The van der Waals surface area contributed by atoms with E-state index in [-0.39, 0.29) is 17.9 Å². The Bertz CT molecular complexity index is 755. The number of carboxylic acids is 1. The maximum absolute atomic E-state index is 11.9. The fourth-order valence-electron chi connectivity index (χ4n) is 1.97. The van der Waals surface area contributed by atoms with Crippen molar-refractivity contribution in [1.29, 1.82) is 0 Å². The molecule has 0 fully saturated rings. The smallest absolute Gasteiger partial charge is 0.349 e. The van der Waals surface area contributed by atoms with E-state index in [9.17, 15) is 9.59 Å². The number of carbonyl (C=O) groups excluding carboxylic acids is 1. The van der Waals surface area contributed by atoms with Gasteiger partial charge in [0.1, 0.15) is 11.5 Å². The molecule has 2 rings (SSSR count). The Kier molecular flexibility index (Phi) is 5.39. The highest BCUT2D eigenvalue weighted by Crippen LogP contribution is 2.26. The normalized spacial score (nSPS) is 10.2. The quantitative estimate of drug-likeness (QED) is 0.633. The van der Waals surface area contributed by atoms with E-state index in [4.69, 9.17) is 14.6 Å². The predicted octanol–water partition coefficient (Wildman–Crippen LogP) is 3.75. The van der Waals surface area contributed by atoms with E-state index in [0.29, 0.717) is 10.2 Å². The molecule has 0 radical (unpaired) electrons. The zero-order valence-electron chi connectivity index (χ0n) is 12.6. The molecule has 120 valence electrons. The third-order valence-electron chi connectivity index (χ3n) is 3.08. The molecular weight excluding hydrogens is 364 g/mol. The maximum atomic E-state index is 11.9. The summed E-state index contributed by atoms with van der Waals surface area (Å²) in [5.74, 6) is -0.771. The zero-order chi connectivity index (χ0) is 17.0. The molecule has 0 heterocycles. The first-order valence-corrected chi connectivity index (χ1v) is 7.59. The lowest BCUT2D eigenvalue weighted by Crippen LogP contribution is -2.18. The van der Waals surface area contributed by atoms with Crippen LogP contribution in [0.4, 0.5) is 0 Å². The number of aromatic carboxylic acids is 1. The van der Waals surface area contributed by atoms with Gasteiger partial charge in [-0.3, -0.25) is 0 Å². The first-order valence-electron chi connectivity index (χ1n) is 6.80. The summed E-state index contributed by atoms with van der Waals surface area (Å²) in [6.45, 7) is 3.63. The SMILES string of the molecule is Cc1ccc(OCC(=O)Oc2ccc(C(=O)O)cc2Br)c(C)c1. The van der Waals surface area contributed by atoms with Crippen LogP contribution in [0, 0.1) is 13.8 Å². The van der Waals surface area contributed by atoms with Crippen molar-refractivity contribution < 1.29 is 24.2 Å². The summed E-state index contributed by atoms with van der Waals surface area (Å²) in [6, 6.07) is 9.81. The molecule has 6 heteroatoms. The van der Waals surface area contributed by atoms with Gasteiger partial charge in [-0.2, -0.15) is 0 Å². The molecule has 0 amide bonds. The number of carbonyl (C=O) groups is 2. The van der Waals surface area contributed by atoms with E-state index in [1.54, 1.807) is 6.07 Å². The molecule has 0 saturated carbocycles. The standard InChI is InChI=1S/C17H15BrO5/c1-10-3-5-14(11(2)7-10)22-9-16(19)23-15-6-4-12(17(20)21)8-13(15)18/h3-8H,9H2,1-2H3,(H,20,21). The van der Waals surface area contributed by atoms with Crippen molar-refractivity contribution in [3.63, 3.8) is 0 Å². The maximum Gasteiger partial charge on any atom is 0.349 e. The summed E-state index contributed by atoms with van der Waals surface area (Å²) in [5.41, 5.74) is 2.15. The minimum atomic E-state index is -1.05. The van der Waals surface area contributed by atoms with Crippen molar-refractivity contribution in [3.05, 3.63) is 57.6 Å². The highest BCUT2D eigenvalue weighted by atomic mass is 79.9. The highest BCUT2D eigenvalue weighted by molar-refractivity contribution is 9.10. The van der Waals surface area contributed by atoms with Gasteiger partial charge in [-0.05, 0) is 59.6 Å². The van der Waals surface area contributed by atoms with Gasteiger partial charge in [0, 0.05) is 0 Å². The van der Waals surface area contributed by atoms with Gasteiger partial charge in [-0.15, -0.1) is 0 Å². The molecule has 5 nitrogen and oxygen atoms in total. The Morgan fingerprint density at radius 1 is 1.09 bits per heavy atom. The second-order valence-corrected chi connectivity index (χ2v) is 5.84. The molecule has 0 atom stereocenters. The third-order valence-corrected chi connectivity index (χ3v) is 3.70. The molecule has 0 bridgehead atoms. The van der Waals surface area contributed by atoms with Gasteiger partial charge in [0.15, 0.2) is 6.61 Å². The molecule has 0 spiro atoms. The lowest BCUT2D eigenvalue weighted by molar-refractivity contribution is -0.136. The van der Waals surface area contributed by atoms with Crippen LogP contribution >= 0.6 is 15.9 Å². The number of benzene rings is 2. The van der Waals surface area contributed by atoms with Gasteiger partial charge in [0.25, 0.3) is 0 Å². The van der Waals surface area contributed by atoms with Crippen molar-refractivity contribution in [1.82, 2.24) is 0 Å². The van der Waals surface area contributed by atoms with Crippen molar-refractivity contribution in [2.75, 3.05) is 6.61 Å². The van der Waals surface area contributed by atoms with Gasteiger partial charge < -0.3 is 14.6 Å². The minimum absolute atomic E-state index is 0.100. The average Bonchev–Trinajstić information content (AvgIpc) is 2.48. The van der Waals surface area contributed by atoms with E-state index in [1.807, 2.05) is 26.0 Å². The Morgan fingerprint density at radius 2 is 1.78 bits per heavy atom. The van der Waals surface area contributed by atoms with E-state index in [0.717, 1.165) is 11.1 Å². The first-order chi connectivity index (χ1) is 10.9. The number of ether oxygens (including phenoxy) is 2. The lowest BCUT2D eigenvalue weighted by atomic mass is 10.1. The van der Waals surface area contributed by atoms with Gasteiger partial charge in [-0.1, -0.05) is 17.7 Å². The summed E-state index contributed by atoms with van der Waals surface area (Å²) >= 11 is 3.18.